The molecular weight excluding hydrogens is 306 g/mol. The molecule has 0 aliphatic heterocycles. The van der Waals surface area contributed by atoms with E-state index < -0.39 is 0 Å². The van der Waals surface area contributed by atoms with Gasteiger partial charge in [0.25, 0.3) is 5.56 Å². The smallest absolute Gasteiger partial charge is 0.259 e. The minimum Gasteiger partial charge on any atom is -0.508 e. The Hall–Kier alpha value is -3.59. The van der Waals surface area contributed by atoms with Crippen molar-refractivity contribution in [2.45, 2.75) is 0 Å². The molecule has 0 aliphatic rings. The van der Waals surface area contributed by atoms with Crippen molar-refractivity contribution < 1.29 is 9.84 Å². The van der Waals surface area contributed by atoms with Crippen LogP contribution in [0.1, 0.15) is 11.4 Å². The predicted octanol–water partition coefficient (Wildman–Crippen LogP) is 2.70. The molecule has 6 heteroatoms. The molecule has 0 saturated heterocycles. The number of H-pyrrole nitrogens is 1. The number of nitrogens with one attached hydrogen (secondary N) is 1. The predicted molar refractivity (Wildman–Crippen MR) is 90.5 cm³/mol. The number of hydrogen-bond donors (Lipinski definition) is 2. The zero-order chi connectivity index (χ0) is 17.1. The van der Waals surface area contributed by atoms with Crippen molar-refractivity contribution in [3.8, 4) is 17.6 Å². The summed E-state index contributed by atoms with van der Waals surface area (Å²) >= 11 is 0. The number of hydrogen-bond acceptors (Lipinski definition) is 5. The van der Waals surface area contributed by atoms with Crippen molar-refractivity contribution in [1.82, 2.24) is 9.97 Å². The highest BCUT2D eigenvalue weighted by atomic mass is 16.5. The summed E-state index contributed by atoms with van der Waals surface area (Å²) in [7, 11) is 1.52. The fourth-order valence-electron chi connectivity index (χ4n) is 2.26. The Balaban J connectivity index is 2.11. The maximum absolute atomic E-state index is 12.3. The second-order valence-corrected chi connectivity index (χ2v) is 5.06. The van der Waals surface area contributed by atoms with Crippen LogP contribution in [-0.2, 0) is 0 Å². The highest BCUT2D eigenvalue weighted by Gasteiger charge is 2.09. The van der Waals surface area contributed by atoms with Crippen LogP contribution in [0.5, 0.6) is 11.5 Å². The van der Waals surface area contributed by atoms with Gasteiger partial charge < -0.3 is 14.8 Å². The van der Waals surface area contributed by atoms with E-state index in [4.69, 9.17) is 4.74 Å². The molecule has 0 fully saturated rings. The van der Waals surface area contributed by atoms with Gasteiger partial charge in [-0.1, -0.05) is 12.1 Å². The molecule has 0 radical (unpaired) electrons. The monoisotopic (exact) mass is 319 g/mol. The van der Waals surface area contributed by atoms with Crippen molar-refractivity contribution >= 4 is 22.6 Å². The van der Waals surface area contributed by atoms with Crippen LogP contribution in [-0.4, -0.2) is 22.2 Å². The Morgan fingerprint density at radius 3 is 2.71 bits per heavy atom. The highest BCUT2D eigenvalue weighted by Crippen LogP contribution is 2.20. The summed E-state index contributed by atoms with van der Waals surface area (Å²) in [5.74, 6) is 0.882. The lowest BCUT2D eigenvalue weighted by atomic mass is 10.1. The SMILES string of the molecule is COc1ccc2nc(/C(C#N)=C/c3ccc(O)cc3)[nH]c(=O)c2c1. The molecule has 24 heavy (non-hydrogen) atoms. The van der Waals surface area contributed by atoms with Gasteiger partial charge in [0.05, 0.1) is 23.6 Å². The Kier molecular flexibility index (Phi) is 4.00. The fraction of sp³-hybridized carbons (Fsp3) is 0.0556. The van der Waals surface area contributed by atoms with E-state index in [1.165, 1.54) is 19.2 Å². The number of methoxy groups -OCH3 is 1. The van der Waals surface area contributed by atoms with Crippen LogP contribution in [0.15, 0.2) is 47.3 Å². The largest absolute Gasteiger partial charge is 0.508 e. The molecule has 0 bridgehead atoms. The first-order valence-electron chi connectivity index (χ1n) is 7.10. The Bertz CT molecular complexity index is 1030. The summed E-state index contributed by atoms with van der Waals surface area (Å²) in [4.78, 5) is 19.2. The number of nitrogens with zero attached hydrogens (tertiary/aromatic N) is 2. The number of aromatic hydroxyl groups is 1. The van der Waals surface area contributed by atoms with Crippen LogP contribution in [0.4, 0.5) is 0 Å². The molecule has 3 aromatic rings. The number of phenolic OH excluding ortho intramolecular Hbond substituents is 1. The molecular formula is C18H13N3O3. The van der Waals surface area contributed by atoms with Crippen LogP contribution in [0.25, 0.3) is 22.6 Å². The maximum atomic E-state index is 12.3. The van der Waals surface area contributed by atoms with E-state index in [0.29, 0.717) is 22.2 Å². The van der Waals surface area contributed by atoms with Crippen molar-refractivity contribution in [1.29, 1.82) is 5.26 Å². The molecule has 3 rings (SSSR count). The molecule has 0 spiro atoms. The van der Waals surface area contributed by atoms with E-state index >= 15 is 0 Å². The second-order valence-electron chi connectivity index (χ2n) is 5.06. The van der Waals surface area contributed by atoms with Crippen LogP contribution < -0.4 is 10.3 Å². The minimum absolute atomic E-state index is 0.136. The van der Waals surface area contributed by atoms with Crippen LogP contribution in [0.3, 0.4) is 0 Å². The van der Waals surface area contributed by atoms with Crippen LogP contribution in [0, 0.1) is 11.3 Å². The molecule has 118 valence electrons. The average Bonchev–Trinajstić information content (AvgIpc) is 2.61. The molecule has 2 N–H and O–H groups in total. The third-order valence-corrected chi connectivity index (χ3v) is 3.49. The molecule has 0 atom stereocenters. The average molecular weight is 319 g/mol. The number of nitriles is 1. The highest BCUT2D eigenvalue weighted by molar-refractivity contribution is 5.89. The number of fused-ring (bicyclic) bond motifs is 1. The Labute approximate surface area is 137 Å². The third-order valence-electron chi connectivity index (χ3n) is 3.49. The molecule has 6 nitrogen and oxygen atoms in total. The van der Waals surface area contributed by atoms with Gasteiger partial charge in [0.15, 0.2) is 5.82 Å². The first-order chi connectivity index (χ1) is 11.6. The van der Waals surface area contributed by atoms with E-state index in [0.717, 1.165) is 0 Å². The summed E-state index contributed by atoms with van der Waals surface area (Å²) in [6, 6.07) is 13.4. The normalized spacial score (nSPS) is 11.2. The van der Waals surface area contributed by atoms with Gasteiger partial charge in [-0.05, 0) is 42.0 Å². The Morgan fingerprint density at radius 2 is 2.04 bits per heavy atom. The summed E-state index contributed by atoms with van der Waals surface area (Å²) < 4.78 is 5.10. The van der Waals surface area contributed by atoms with Gasteiger partial charge in [0.2, 0.25) is 0 Å². The number of benzene rings is 2. The first-order valence-corrected chi connectivity index (χ1v) is 7.10. The Morgan fingerprint density at radius 1 is 1.29 bits per heavy atom. The van der Waals surface area contributed by atoms with E-state index in [2.05, 4.69) is 9.97 Å². The number of ether oxygens (including phenoxy) is 1. The van der Waals surface area contributed by atoms with Crippen molar-refractivity contribution in [2.75, 3.05) is 7.11 Å². The van der Waals surface area contributed by atoms with Gasteiger partial charge in [-0.2, -0.15) is 5.26 Å². The summed E-state index contributed by atoms with van der Waals surface area (Å²) in [6.45, 7) is 0. The molecule has 1 aromatic heterocycles. The van der Waals surface area contributed by atoms with Gasteiger partial charge in [-0.3, -0.25) is 4.79 Å². The number of phenols is 1. The number of rotatable bonds is 3. The molecule has 1 heterocycles. The van der Waals surface area contributed by atoms with E-state index in [1.807, 2.05) is 6.07 Å². The van der Waals surface area contributed by atoms with Gasteiger partial charge in [-0.15, -0.1) is 0 Å². The fourth-order valence-corrected chi connectivity index (χ4v) is 2.26. The number of aromatic amines is 1. The lowest BCUT2D eigenvalue weighted by molar-refractivity contribution is 0.415. The van der Waals surface area contributed by atoms with Crippen molar-refractivity contribution in [3.05, 3.63) is 64.2 Å². The summed E-state index contributed by atoms with van der Waals surface area (Å²) in [5, 5.41) is 19.1. The molecule has 0 aliphatic carbocycles. The van der Waals surface area contributed by atoms with Gasteiger partial charge in [0.1, 0.15) is 17.6 Å². The third kappa shape index (κ3) is 2.96. The summed E-state index contributed by atoms with van der Waals surface area (Å²) in [5.41, 5.74) is 1.06. The van der Waals surface area contributed by atoms with E-state index in [-0.39, 0.29) is 22.7 Å². The minimum atomic E-state index is -0.347. The number of allylic oxidation sites excluding steroid dienone is 1. The van der Waals surface area contributed by atoms with Gasteiger partial charge in [-0.25, -0.2) is 4.98 Å². The standard InChI is InChI=1S/C18H13N3O3/c1-24-14-6-7-16-15(9-14)18(23)21-17(20-16)12(10-19)8-11-2-4-13(22)5-3-11/h2-9,22H,1H3,(H,20,21,23)/b12-8+. The summed E-state index contributed by atoms with van der Waals surface area (Å²) in [6.07, 6.45) is 1.59. The van der Waals surface area contributed by atoms with E-state index in [1.54, 1.807) is 36.4 Å². The van der Waals surface area contributed by atoms with Crippen molar-refractivity contribution in [3.63, 3.8) is 0 Å². The molecule has 0 unspecified atom stereocenters. The second kappa shape index (κ2) is 6.26. The zero-order valence-electron chi connectivity index (χ0n) is 12.8. The lowest BCUT2D eigenvalue weighted by Gasteiger charge is -2.04. The molecule has 0 amide bonds. The first kappa shape index (κ1) is 15.3. The van der Waals surface area contributed by atoms with Crippen LogP contribution in [0.2, 0.25) is 0 Å². The quantitative estimate of drug-likeness (QED) is 0.723. The topological polar surface area (TPSA) is 99.0 Å². The molecule has 0 saturated carbocycles. The van der Waals surface area contributed by atoms with E-state index in [9.17, 15) is 15.2 Å². The van der Waals surface area contributed by atoms with Gasteiger partial charge >= 0.3 is 0 Å². The number of aromatic nitrogens is 2. The lowest BCUT2D eigenvalue weighted by Crippen LogP contribution is -2.11. The molecule has 2 aromatic carbocycles. The van der Waals surface area contributed by atoms with Crippen molar-refractivity contribution in [2.24, 2.45) is 0 Å². The zero-order valence-corrected chi connectivity index (χ0v) is 12.8. The van der Waals surface area contributed by atoms with Crippen LogP contribution >= 0.6 is 0 Å². The maximum Gasteiger partial charge on any atom is 0.259 e. The van der Waals surface area contributed by atoms with Gasteiger partial charge in [0, 0.05) is 0 Å².